The van der Waals surface area contributed by atoms with Gasteiger partial charge in [0, 0.05) is 13.0 Å². The summed E-state index contributed by atoms with van der Waals surface area (Å²) in [5.41, 5.74) is 0.522. The first-order valence-electron chi connectivity index (χ1n) is 6.06. The van der Waals surface area contributed by atoms with Crippen LogP contribution in [0.2, 0.25) is 0 Å². The zero-order valence-corrected chi connectivity index (χ0v) is 9.93. The summed E-state index contributed by atoms with van der Waals surface area (Å²) in [5.74, 6) is 1.69. The van der Waals surface area contributed by atoms with Crippen LogP contribution in [0.15, 0.2) is 23.0 Å². The molecule has 1 aliphatic rings. The lowest BCUT2D eigenvalue weighted by molar-refractivity contribution is 0.0948. The van der Waals surface area contributed by atoms with Gasteiger partial charge in [0.1, 0.15) is 12.1 Å². The molecule has 94 valence electrons. The minimum Gasteiger partial charge on any atom is -0.472 e. The second kappa shape index (κ2) is 4.64. The zero-order chi connectivity index (χ0) is 12.4. The molecule has 2 aromatic heterocycles. The molecule has 0 saturated carbocycles. The second-order valence-corrected chi connectivity index (χ2v) is 4.34. The molecule has 0 aliphatic carbocycles. The average molecular weight is 246 g/mol. The van der Waals surface area contributed by atoms with Crippen molar-refractivity contribution in [2.45, 2.75) is 32.4 Å². The highest BCUT2D eigenvalue weighted by Crippen LogP contribution is 2.14. The highest BCUT2D eigenvalue weighted by molar-refractivity contribution is 5.93. The van der Waals surface area contributed by atoms with Gasteiger partial charge in [0.05, 0.1) is 18.4 Å². The number of hydrogen-bond donors (Lipinski definition) is 1. The molecule has 18 heavy (non-hydrogen) atoms. The molecule has 2 aromatic rings. The van der Waals surface area contributed by atoms with Gasteiger partial charge >= 0.3 is 0 Å². The Kier molecular flexibility index (Phi) is 2.84. The molecule has 6 heteroatoms. The molecule has 0 bridgehead atoms. The van der Waals surface area contributed by atoms with E-state index in [1.165, 1.54) is 18.9 Å². The van der Waals surface area contributed by atoms with Crippen LogP contribution in [0.25, 0.3) is 0 Å². The van der Waals surface area contributed by atoms with E-state index in [4.69, 9.17) is 4.42 Å². The van der Waals surface area contributed by atoms with Gasteiger partial charge in [-0.2, -0.15) is 0 Å². The Bertz CT molecular complexity index is 544. The maximum atomic E-state index is 11.7. The smallest absolute Gasteiger partial charge is 0.254 e. The highest BCUT2D eigenvalue weighted by Gasteiger charge is 2.16. The number of fused-ring (bicyclic) bond motifs is 1. The van der Waals surface area contributed by atoms with Crippen LogP contribution in [-0.2, 0) is 19.5 Å². The monoisotopic (exact) mass is 246 g/mol. The lowest BCUT2D eigenvalue weighted by Gasteiger charge is -2.14. The summed E-state index contributed by atoms with van der Waals surface area (Å²) in [6, 6.07) is 1.63. The van der Waals surface area contributed by atoms with E-state index < -0.39 is 0 Å². The molecule has 0 saturated heterocycles. The number of aromatic nitrogens is 3. The molecule has 0 atom stereocenters. The first-order chi connectivity index (χ1) is 8.84. The van der Waals surface area contributed by atoms with Crippen LogP contribution in [0.5, 0.6) is 0 Å². The normalized spacial score (nSPS) is 14.2. The molecular weight excluding hydrogens is 232 g/mol. The minimum atomic E-state index is -0.156. The number of carbonyl (C=O) groups is 1. The molecule has 1 amide bonds. The Morgan fingerprint density at radius 1 is 1.44 bits per heavy atom. The fourth-order valence-electron chi connectivity index (χ4n) is 2.15. The van der Waals surface area contributed by atoms with Gasteiger partial charge < -0.3 is 14.3 Å². The summed E-state index contributed by atoms with van der Waals surface area (Å²) >= 11 is 0. The van der Waals surface area contributed by atoms with Crippen LogP contribution in [0.3, 0.4) is 0 Å². The average Bonchev–Trinajstić information content (AvgIpc) is 3.06. The number of aryl methyl sites for hydroxylation is 1. The van der Waals surface area contributed by atoms with E-state index >= 15 is 0 Å². The zero-order valence-electron chi connectivity index (χ0n) is 9.93. The van der Waals surface area contributed by atoms with Crippen molar-refractivity contribution in [3.63, 3.8) is 0 Å². The standard InChI is InChI=1S/C12H14N4O2/c17-12(9-4-6-18-8-9)13-7-11-15-14-10-3-1-2-5-16(10)11/h4,6,8H,1-3,5,7H2,(H,13,17). The maximum absolute atomic E-state index is 11.7. The number of amides is 1. The minimum absolute atomic E-state index is 0.156. The lowest BCUT2D eigenvalue weighted by atomic mass is 10.2. The molecule has 0 fully saturated rings. The Morgan fingerprint density at radius 2 is 2.39 bits per heavy atom. The van der Waals surface area contributed by atoms with E-state index in [2.05, 4.69) is 20.1 Å². The van der Waals surface area contributed by atoms with Crippen molar-refractivity contribution < 1.29 is 9.21 Å². The summed E-state index contributed by atoms with van der Waals surface area (Å²) in [7, 11) is 0. The van der Waals surface area contributed by atoms with Gasteiger partial charge in [0.25, 0.3) is 5.91 Å². The van der Waals surface area contributed by atoms with Gasteiger partial charge in [-0.15, -0.1) is 10.2 Å². The van der Waals surface area contributed by atoms with Crippen molar-refractivity contribution in [1.29, 1.82) is 0 Å². The summed E-state index contributed by atoms with van der Waals surface area (Å²) < 4.78 is 6.97. The molecule has 6 nitrogen and oxygen atoms in total. The number of hydrogen-bond acceptors (Lipinski definition) is 4. The fraction of sp³-hybridized carbons (Fsp3) is 0.417. The van der Waals surface area contributed by atoms with Gasteiger partial charge in [-0.25, -0.2) is 0 Å². The number of carbonyl (C=O) groups excluding carboxylic acids is 1. The summed E-state index contributed by atoms with van der Waals surface area (Å²) in [4.78, 5) is 11.7. The molecule has 3 heterocycles. The van der Waals surface area contributed by atoms with E-state index in [-0.39, 0.29) is 5.91 Å². The van der Waals surface area contributed by atoms with E-state index in [0.717, 1.165) is 31.0 Å². The van der Waals surface area contributed by atoms with Gasteiger partial charge in [0.15, 0.2) is 5.82 Å². The summed E-state index contributed by atoms with van der Waals surface area (Å²) in [5, 5.41) is 11.1. The third kappa shape index (κ3) is 2.01. The molecule has 0 aromatic carbocycles. The fourth-order valence-corrected chi connectivity index (χ4v) is 2.15. The van der Waals surface area contributed by atoms with Crippen molar-refractivity contribution in [1.82, 2.24) is 20.1 Å². The predicted octanol–water partition coefficient (Wildman–Crippen LogP) is 1.14. The number of nitrogens with zero attached hydrogens (tertiary/aromatic N) is 3. The van der Waals surface area contributed by atoms with E-state index in [1.807, 2.05) is 0 Å². The summed E-state index contributed by atoms with van der Waals surface area (Å²) in [6.45, 7) is 1.34. The third-order valence-electron chi connectivity index (χ3n) is 3.13. The van der Waals surface area contributed by atoms with Gasteiger partial charge in [0.2, 0.25) is 0 Å². The molecule has 1 N–H and O–H groups in total. The topological polar surface area (TPSA) is 73.0 Å². The van der Waals surface area contributed by atoms with Crippen molar-refractivity contribution in [2.24, 2.45) is 0 Å². The number of nitrogens with one attached hydrogen (secondary N) is 1. The van der Waals surface area contributed by atoms with Crippen LogP contribution in [0, 0.1) is 0 Å². The highest BCUT2D eigenvalue weighted by atomic mass is 16.3. The van der Waals surface area contributed by atoms with Crippen LogP contribution < -0.4 is 5.32 Å². The van der Waals surface area contributed by atoms with Crippen molar-refractivity contribution in [3.8, 4) is 0 Å². The summed E-state index contributed by atoms with van der Waals surface area (Å²) in [6.07, 6.45) is 6.19. The maximum Gasteiger partial charge on any atom is 0.254 e. The number of rotatable bonds is 3. The first-order valence-corrected chi connectivity index (χ1v) is 6.06. The predicted molar refractivity (Wildman–Crippen MR) is 62.8 cm³/mol. The lowest BCUT2D eigenvalue weighted by Crippen LogP contribution is -2.25. The molecule has 0 unspecified atom stereocenters. The van der Waals surface area contributed by atoms with Crippen molar-refractivity contribution in [3.05, 3.63) is 35.8 Å². The third-order valence-corrected chi connectivity index (χ3v) is 3.13. The van der Waals surface area contributed by atoms with Crippen molar-refractivity contribution >= 4 is 5.91 Å². The Morgan fingerprint density at radius 3 is 3.22 bits per heavy atom. The Hall–Kier alpha value is -2.11. The van der Waals surface area contributed by atoms with Crippen LogP contribution in [0.4, 0.5) is 0 Å². The Balaban J connectivity index is 1.67. The van der Waals surface area contributed by atoms with Gasteiger partial charge in [-0.3, -0.25) is 4.79 Å². The molecule has 1 aliphatic heterocycles. The molecule has 3 rings (SSSR count). The van der Waals surface area contributed by atoms with Crippen molar-refractivity contribution in [2.75, 3.05) is 0 Å². The van der Waals surface area contributed by atoms with Crippen LogP contribution in [-0.4, -0.2) is 20.7 Å². The number of furan rings is 1. The molecular formula is C12H14N4O2. The largest absolute Gasteiger partial charge is 0.472 e. The molecule has 0 spiro atoms. The Labute approximate surface area is 104 Å². The van der Waals surface area contributed by atoms with Gasteiger partial charge in [-0.1, -0.05) is 0 Å². The SMILES string of the molecule is O=C(NCc1nnc2n1CCCC2)c1ccoc1. The second-order valence-electron chi connectivity index (χ2n) is 4.34. The molecule has 0 radical (unpaired) electrons. The van der Waals surface area contributed by atoms with Gasteiger partial charge in [-0.05, 0) is 18.9 Å². The quantitative estimate of drug-likeness (QED) is 0.881. The van der Waals surface area contributed by atoms with Crippen LogP contribution >= 0.6 is 0 Å². The van der Waals surface area contributed by atoms with E-state index in [9.17, 15) is 4.79 Å². The first kappa shape index (κ1) is 11.0. The van der Waals surface area contributed by atoms with Crippen LogP contribution in [0.1, 0.15) is 34.8 Å². The van der Waals surface area contributed by atoms with E-state index in [0.29, 0.717) is 12.1 Å². The van der Waals surface area contributed by atoms with E-state index in [1.54, 1.807) is 6.07 Å².